The van der Waals surface area contributed by atoms with Gasteiger partial charge in [0.2, 0.25) is 5.91 Å². The van der Waals surface area contributed by atoms with Crippen molar-refractivity contribution < 1.29 is 23.1 Å². The smallest absolute Gasteiger partial charge is 0.328 e. The number of terminal acetylenes is 1. The van der Waals surface area contributed by atoms with E-state index in [0.717, 1.165) is 12.1 Å². The normalized spacial score (nSPS) is 11.4. The van der Waals surface area contributed by atoms with Gasteiger partial charge in [0.25, 0.3) is 0 Å². The number of carbonyl (C=O) groups excluding carboxylic acids is 2. The predicted octanol–water partition coefficient (Wildman–Crippen LogP) is 1.97. The maximum atomic E-state index is 13.1. The van der Waals surface area contributed by atoms with E-state index in [-0.39, 0.29) is 6.42 Å². The van der Waals surface area contributed by atoms with Crippen LogP contribution in [0.15, 0.2) is 18.2 Å². The van der Waals surface area contributed by atoms with Crippen molar-refractivity contribution in [3.05, 3.63) is 35.4 Å². The van der Waals surface area contributed by atoms with Crippen molar-refractivity contribution in [2.45, 2.75) is 31.7 Å². The number of amides is 1. The van der Waals surface area contributed by atoms with Gasteiger partial charge < -0.3 is 10.1 Å². The molecule has 118 valence electrons. The summed E-state index contributed by atoms with van der Waals surface area (Å²) in [7, 11) is 1.22. The van der Waals surface area contributed by atoms with Gasteiger partial charge in [-0.15, -0.1) is 12.3 Å². The predicted molar refractivity (Wildman–Crippen MR) is 76.7 cm³/mol. The van der Waals surface area contributed by atoms with Crippen molar-refractivity contribution in [2.24, 2.45) is 0 Å². The molecule has 1 atom stereocenters. The molecule has 1 aromatic carbocycles. The van der Waals surface area contributed by atoms with E-state index >= 15 is 0 Å². The molecule has 0 aliphatic heterocycles. The van der Waals surface area contributed by atoms with Crippen LogP contribution in [0.3, 0.4) is 0 Å². The zero-order valence-electron chi connectivity index (χ0n) is 12.2. The lowest BCUT2D eigenvalue weighted by molar-refractivity contribution is -0.145. The third-order valence-electron chi connectivity index (χ3n) is 2.98. The van der Waals surface area contributed by atoms with Crippen LogP contribution < -0.4 is 5.32 Å². The summed E-state index contributed by atoms with van der Waals surface area (Å²) in [5.41, 5.74) is 0.309. The summed E-state index contributed by atoms with van der Waals surface area (Å²) in [5.74, 6) is -0.620. The minimum absolute atomic E-state index is 0.167. The molecular weight excluding hydrogens is 292 g/mol. The van der Waals surface area contributed by atoms with E-state index in [9.17, 15) is 18.4 Å². The Kier molecular flexibility index (Phi) is 7.03. The lowest BCUT2D eigenvalue weighted by Crippen LogP contribution is -2.42. The highest BCUT2D eigenvalue weighted by Crippen LogP contribution is 2.10. The number of carbonyl (C=O) groups is 2. The zero-order chi connectivity index (χ0) is 16.5. The van der Waals surface area contributed by atoms with Gasteiger partial charge in [0.05, 0.1) is 13.5 Å². The largest absolute Gasteiger partial charge is 0.467 e. The van der Waals surface area contributed by atoms with E-state index in [1.165, 1.54) is 13.2 Å². The van der Waals surface area contributed by atoms with Crippen LogP contribution in [0.4, 0.5) is 8.78 Å². The number of benzene rings is 1. The van der Waals surface area contributed by atoms with Crippen molar-refractivity contribution >= 4 is 11.9 Å². The van der Waals surface area contributed by atoms with Gasteiger partial charge in [-0.2, -0.15) is 0 Å². The van der Waals surface area contributed by atoms with E-state index in [2.05, 4.69) is 16.0 Å². The highest BCUT2D eigenvalue weighted by atomic mass is 19.2. The van der Waals surface area contributed by atoms with Gasteiger partial charge in [0.1, 0.15) is 6.04 Å². The molecule has 4 nitrogen and oxygen atoms in total. The van der Waals surface area contributed by atoms with Gasteiger partial charge >= 0.3 is 5.97 Å². The Labute approximate surface area is 127 Å². The summed E-state index contributed by atoms with van der Waals surface area (Å²) in [6, 6.07) is 2.39. The molecule has 0 fully saturated rings. The zero-order valence-corrected chi connectivity index (χ0v) is 12.2. The molecule has 1 amide bonds. The van der Waals surface area contributed by atoms with Gasteiger partial charge in [0.15, 0.2) is 11.6 Å². The number of nitrogens with one attached hydrogen (secondary N) is 1. The van der Waals surface area contributed by atoms with Gasteiger partial charge in [-0.3, -0.25) is 4.79 Å². The highest BCUT2D eigenvalue weighted by Gasteiger charge is 2.21. The minimum Gasteiger partial charge on any atom is -0.467 e. The second kappa shape index (κ2) is 8.78. The van der Waals surface area contributed by atoms with Crippen molar-refractivity contribution in [1.82, 2.24) is 5.32 Å². The van der Waals surface area contributed by atoms with E-state index < -0.39 is 29.6 Å². The van der Waals surface area contributed by atoms with Gasteiger partial charge in [-0.25, -0.2) is 13.6 Å². The quantitative estimate of drug-likeness (QED) is 0.476. The Morgan fingerprint density at radius 2 is 2.09 bits per heavy atom. The Balaban J connectivity index is 2.63. The number of hydrogen-bond donors (Lipinski definition) is 1. The van der Waals surface area contributed by atoms with Gasteiger partial charge in [0, 0.05) is 6.42 Å². The van der Waals surface area contributed by atoms with Crippen LogP contribution in [-0.2, 0) is 20.7 Å². The van der Waals surface area contributed by atoms with Crippen LogP contribution in [0.5, 0.6) is 0 Å². The van der Waals surface area contributed by atoms with E-state index in [0.29, 0.717) is 24.8 Å². The first-order chi connectivity index (χ1) is 10.5. The molecular formula is C16H17F2NO3. The van der Waals surface area contributed by atoms with Crippen molar-refractivity contribution in [3.8, 4) is 12.3 Å². The summed E-state index contributed by atoms with van der Waals surface area (Å²) >= 11 is 0. The summed E-state index contributed by atoms with van der Waals surface area (Å²) < 4.78 is 30.5. The summed E-state index contributed by atoms with van der Waals surface area (Å²) in [6.45, 7) is 0. The van der Waals surface area contributed by atoms with Gasteiger partial charge in [-0.05, 0) is 30.5 Å². The molecule has 0 aliphatic carbocycles. The molecule has 0 heterocycles. The molecule has 0 spiro atoms. The standard InChI is InChI=1S/C16H17F2NO3/c1-3-4-5-6-14(16(21)22-2)19-15(20)10-11-7-8-12(17)13(18)9-11/h1,7-9,14H,4-6,10H2,2H3,(H,19,20)/t14-/m1/s1. The first kappa shape index (κ1) is 17.6. The molecule has 1 N–H and O–H groups in total. The third-order valence-corrected chi connectivity index (χ3v) is 2.98. The SMILES string of the molecule is C#CCCC[C@@H](NC(=O)Cc1ccc(F)c(F)c1)C(=O)OC. The number of unbranched alkanes of at least 4 members (excludes halogenated alkanes) is 1. The fraction of sp³-hybridized carbons (Fsp3) is 0.375. The maximum Gasteiger partial charge on any atom is 0.328 e. The average Bonchev–Trinajstić information content (AvgIpc) is 2.49. The van der Waals surface area contributed by atoms with Crippen LogP contribution in [0.2, 0.25) is 0 Å². The fourth-order valence-corrected chi connectivity index (χ4v) is 1.88. The second-order valence-corrected chi connectivity index (χ2v) is 4.66. The second-order valence-electron chi connectivity index (χ2n) is 4.66. The molecule has 22 heavy (non-hydrogen) atoms. The monoisotopic (exact) mass is 309 g/mol. The molecule has 6 heteroatoms. The van der Waals surface area contributed by atoms with E-state index in [1.807, 2.05) is 0 Å². The molecule has 0 radical (unpaired) electrons. The Morgan fingerprint density at radius 1 is 1.36 bits per heavy atom. The minimum atomic E-state index is -1.02. The summed E-state index contributed by atoms with van der Waals surface area (Å²) in [6.07, 6.45) is 6.35. The first-order valence-corrected chi connectivity index (χ1v) is 6.72. The molecule has 1 rings (SSSR count). The lowest BCUT2D eigenvalue weighted by atomic mass is 10.1. The fourth-order valence-electron chi connectivity index (χ4n) is 1.88. The van der Waals surface area contributed by atoms with Crippen LogP contribution >= 0.6 is 0 Å². The Hall–Kier alpha value is -2.42. The molecule has 0 aliphatic rings. The van der Waals surface area contributed by atoms with Crippen LogP contribution in [0.25, 0.3) is 0 Å². The Bertz CT molecular complexity index is 581. The summed E-state index contributed by atoms with van der Waals surface area (Å²) in [5, 5.41) is 2.51. The molecule has 0 bridgehead atoms. The number of methoxy groups -OCH3 is 1. The maximum absolute atomic E-state index is 13.1. The summed E-state index contributed by atoms with van der Waals surface area (Å²) in [4.78, 5) is 23.5. The Morgan fingerprint density at radius 3 is 2.68 bits per heavy atom. The number of esters is 1. The topological polar surface area (TPSA) is 55.4 Å². The van der Waals surface area contributed by atoms with Crippen LogP contribution in [0, 0.1) is 24.0 Å². The third kappa shape index (κ3) is 5.52. The molecule has 0 unspecified atom stereocenters. The number of hydrogen-bond acceptors (Lipinski definition) is 3. The molecule has 0 aromatic heterocycles. The molecule has 0 saturated carbocycles. The van der Waals surface area contributed by atoms with Crippen LogP contribution in [0.1, 0.15) is 24.8 Å². The number of halogens is 2. The van der Waals surface area contributed by atoms with Gasteiger partial charge in [-0.1, -0.05) is 6.07 Å². The van der Waals surface area contributed by atoms with Crippen molar-refractivity contribution in [3.63, 3.8) is 0 Å². The van der Waals surface area contributed by atoms with E-state index in [4.69, 9.17) is 6.42 Å². The number of ether oxygens (including phenoxy) is 1. The van der Waals surface area contributed by atoms with E-state index in [1.54, 1.807) is 0 Å². The molecule has 1 aromatic rings. The molecule has 0 saturated heterocycles. The van der Waals surface area contributed by atoms with Crippen LogP contribution in [-0.4, -0.2) is 25.0 Å². The van der Waals surface area contributed by atoms with Crippen molar-refractivity contribution in [1.29, 1.82) is 0 Å². The average molecular weight is 309 g/mol. The highest BCUT2D eigenvalue weighted by molar-refractivity contribution is 5.85. The number of rotatable bonds is 7. The lowest BCUT2D eigenvalue weighted by Gasteiger charge is -2.16. The van der Waals surface area contributed by atoms with Crippen molar-refractivity contribution in [2.75, 3.05) is 7.11 Å². The first-order valence-electron chi connectivity index (χ1n) is 6.72.